The number of rotatable bonds is 1. The Balaban J connectivity index is 2.00. The molecule has 1 aliphatic rings. The largest absolute Gasteiger partial charge is 0.347 e. The summed E-state index contributed by atoms with van der Waals surface area (Å²) in [6.45, 7) is 0.767. The lowest BCUT2D eigenvalue weighted by atomic mass is 10.1. The van der Waals surface area contributed by atoms with E-state index in [2.05, 4.69) is 4.98 Å². The standard InChI is InChI=1S/C14H15N3O/c1-16-9-4-7-13(16)14(18)17-10-3-5-11-12(17)6-2-8-15-11/h2,4,6-9H,3,5,10H2,1H3. The Labute approximate surface area is 106 Å². The molecule has 0 spiro atoms. The molecule has 2 aromatic heterocycles. The number of pyridine rings is 1. The average Bonchev–Trinajstić information content (AvgIpc) is 2.83. The second kappa shape index (κ2) is 4.29. The summed E-state index contributed by atoms with van der Waals surface area (Å²) in [7, 11) is 1.89. The molecule has 0 unspecified atom stereocenters. The molecule has 3 rings (SSSR count). The van der Waals surface area contributed by atoms with Crippen LogP contribution in [-0.4, -0.2) is 22.0 Å². The van der Waals surface area contributed by atoms with Crippen LogP contribution in [0.2, 0.25) is 0 Å². The van der Waals surface area contributed by atoms with Crippen molar-refractivity contribution >= 4 is 11.6 Å². The second-order valence-corrected chi connectivity index (χ2v) is 4.53. The van der Waals surface area contributed by atoms with E-state index in [0.29, 0.717) is 5.69 Å². The maximum absolute atomic E-state index is 12.5. The van der Waals surface area contributed by atoms with Crippen LogP contribution in [0.4, 0.5) is 5.69 Å². The first kappa shape index (κ1) is 11.0. The van der Waals surface area contributed by atoms with Crippen LogP contribution in [0.3, 0.4) is 0 Å². The fraction of sp³-hybridized carbons (Fsp3) is 0.286. The number of carbonyl (C=O) groups excluding carboxylic acids is 1. The van der Waals surface area contributed by atoms with E-state index < -0.39 is 0 Å². The van der Waals surface area contributed by atoms with Gasteiger partial charge in [-0.05, 0) is 37.1 Å². The van der Waals surface area contributed by atoms with Gasteiger partial charge in [0.2, 0.25) is 0 Å². The molecule has 0 bridgehead atoms. The lowest BCUT2D eigenvalue weighted by Crippen LogP contribution is -2.36. The molecule has 92 valence electrons. The monoisotopic (exact) mass is 241 g/mol. The second-order valence-electron chi connectivity index (χ2n) is 4.53. The number of anilines is 1. The summed E-state index contributed by atoms with van der Waals surface area (Å²) in [5.41, 5.74) is 2.69. The van der Waals surface area contributed by atoms with E-state index in [1.165, 1.54) is 0 Å². The number of hydrogen-bond acceptors (Lipinski definition) is 2. The Bertz CT molecular complexity index is 588. The third-order valence-corrected chi connectivity index (χ3v) is 3.36. The Morgan fingerprint density at radius 1 is 1.33 bits per heavy atom. The minimum atomic E-state index is 0.0523. The van der Waals surface area contributed by atoms with Gasteiger partial charge in [-0.2, -0.15) is 0 Å². The molecule has 4 nitrogen and oxygen atoms in total. The highest BCUT2D eigenvalue weighted by atomic mass is 16.2. The van der Waals surface area contributed by atoms with Crippen molar-refractivity contribution in [1.29, 1.82) is 0 Å². The third kappa shape index (κ3) is 1.70. The number of hydrogen-bond donors (Lipinski definition) is 0. The van der Waals surface area contributed by atoms with Crippen LogP contribution in [0, 0.1) is 0 Å². The zero-order chi connectivity index (χ0) is 12.5. The SMILES string of the molecule is Cn1cccc1C(=O)N1CCCc2ncccc21. The molecule has 0 saturated heterocycles. The fourth-order valence-corrected chi connectivity index (χ4v) is 2.43. The Morgan fingerprint density at radius 3 is 3.00 bits per heavy atom. The first-order valence-electron chi connectivity index (χ1n) is 6.14. The predicted molar refractivity (Wildman–Crippen MR) is 69.6 cm³/mol. The molecule has 4 heteroatoms. The highest BCUT2D eigenvalue weighted by Crippen LogP contribution is 2.26. The van der Waals surface area contributed by atoms with Gasteiger partial charge in [0.05, 0.1) is 11.4 Å². The summed E-state index contributed by atoms with van der Waals surface area (Å²) >= 11 is 0. The normalized spacial score (nSPS) is 14.4. The maximum atomic E-state index is 12.5. The molecule has 1 aliphatic heterocycles. The molecule has 0 N–H and O–H groups in total. The average molecular weight is 241 g/mol. The van der Waals surface area contributed by atoms with E-state index in [1.54, 1.807) is 6.20 Å². The number of carbonyl (C=O) groups is 1. The van der Waals surface area contributed by atoms with Crippen molar-refractivity contribution in [2.75, 3.05) is 11.4 Å². The summed E-state index contributed by atoms with van der Waals surface area (Å²) in [6.07, 6.45) is 5.60. The molecule has 0 aliphatic carbocycles. The van der Waals surface area contributed by atoms with Gasteiger partial charge in [0.15, 0.2) is 0 Å². The van der Waals surface area contributed by atoms with Crippen LogP contribution in [0.15, 0.2) is 36.7 Å². The number of aromatic nitrogens is 2. The third-order valence-electron chi connectivity index (χ3n) is 3.36. The first-order valence-corrected chi connectivity index (χ1v) is 6.14. The maximum Gasteiger partial charge on any atom is 0.274 e. The zero-order valence-electron chi connectivity index (χ0n) is 10.3. The van der Waals surface area contributed by atoms with Gasteiger partial charge in [-0.15, -0.1) is 0 Å². The van der Waals surface area contributed by atoms with Crippen LogP contribution in [-0.2, 0) is 13.5 Å². The van der Waals surface area contributed by atoms with Crippen molar-refractivity contribution in [2.45, 2.75) is 12.8 Å². The lowest BCUT2D eigenvalue weighted by Gasteiger charge is -2.28. The van der Waals surface area contributed by atoms with Gasteiger partial charge >= 0.3 is 0 Å². The van der Waals surface area contributed by atoms with Crippen LogP contribution in [0.5, 0.6) is 0 Å². The molecule has 2 aromatic rings. The summed E-state index contributed by atoms with van der Waals surface area (Å²) in [6, 6.07) is 7.60. The van der Waals surface area contributed by atoms with Gasteiger partial charge in [0, 0.05) is 26.0 Å². The van der Waals surface area contributed by atoms with Gasteiger partial charge in [-0.3, -0.25) is 9.78 Å². The Kier molecular flexibility index (Phi) is 2.63. The highest BCUT2D eigenvalue weighted by Gasteiger charge is 2.25. The van der Waals surface area contributed by atoms with Gasteiger partial charge in [-0.1, -0.05) is 0 Å². The molecule has 3 heterocycles. The van der Waals surface area contributed by atoms with Gasteiger partial charge in [-0.25, -0.2) is 0 Å². The molecular weight excluding hydrogens is 226 g/mol. The van der Waals surface area contributed by atoms with E-state index in [9.17, 15) is 4.79 Å². The fourth-order valence-electron chi connectivity index (χ4n) is 2.43. The van der Waals surface area contributed by atoms with Gasteiger partial charge in [0.1, 0.15) is 5.69 Å². The minimum absolute atomic E-state index is 0.0523. The number of nitrogens with zero attached hydrogens (tertiary/aromatic N) is 3. The molecule has 18 heavy (non-hydrogen) atoms. The predicted octanol–water partition coefficient (Wildman–Crippen LogP) is 2.01. The summed E-state index contributed by atoms with van der Waals surface area (Å²) in [5.74, 6) is 0.0523. The van der Waals surface area contributed by atoms with Crippen molar-refractivity contribution < 1.29 is 4.79 Å². The summed E-state index contributed by atoms with van der Waals surface area (Å²) in [5, 5.41) is 0. The van der Waals surface area contributed by atoms with E-state index in [0.717, 1.165) is 30.8 Å². The van der Waals surface area contributed by atoms with E-state index in [4.69, 9.17) is 0 Å². The molecule has 0 atom stereocenters. The molecule has 1 amide bonds. The van der Waals surface area contributed by atoms with Gasteiger partial charge < -0.3 is 9.47 Å². The summed E-state index contributed by atoms with van der Waals surface area (Å²) in [4.78, 5) is 18.7. The Morgan fingerprint density at radius 2 is 2.22 bits per heavy atom. The van der Waals surface area contributed by atoms with Crippen molar-refractivity contribution in [3.63, 3.8) is 0 Å². The van der Waals surface area contributed by atoms with E-state index in [-0.39, 0.29) is 5.91 Å². The zero-order valence-corrected chi connectivity index (χ0v) is 10.3. The molecule has 0 aromatic carbocycles. The number of amides is 1. The van der Waals surface area contributed by atoms with Crippen LogP contribution >= 0.6 is 0 Å². The van der Waals surface area contributed by atoms with Crippen molar-refractivity contribution in [1.82, 2.24) is 9.55 Å². The molecule has 0 saturated carbocycles. The first-order chi connectivity index (χ1) is 8.77. The topological polar surface area (TPSA) is 38.1 Å². The van der Waals surface area contributed by atoms with Crippen molar-refractivity contribution in [2.24, 2.45) is 7.05 Å². The van der Waals surface area contributed by atoms with Crippen LogP contribution in [0.1, 0.15) is 22.6 Å². The van der Waals surface area contributed by atoms with E-state index >= 15 is 0 Å². The van der Waals surface area contributed by atoms with Crippen molar-refractivity contribution in [3.8, 4) is 0 Å². The van der Waals surface area contributed by atoms with Crippen molar-refractivity contribution in [3.05, 3.63) is 48.0 Å². The Hall–Kier alpha value is -2.10. The highest BCUT2D eigenvalue weighted by molar-refractivity contribution is 6.05. The summed E-state index contributed by atoms with van der Waals surface area (Å²) < 4.78 is 1.85. The number of fused-ring (bicyclic) bond motifs is 1. The molecular formula is C14H15N3O. The molecule has 0 radical (unpaired) electrons. The minimum Gasteiger partial charge on any atom is -0.347 e. The quantitative estimate of drug-likeness (QED) is 0.766. The number of aryl methyl sites for hydroxylation is 2. The smallest absolute Gasteiger partial charge is 0.274 e. The van der Waals surface area contributed by atoms with Crippen LogP contribution < -0.4 is 4.90 Å². The molecule has 0 fully saturated rings. The van der Waals surface area contributed by atoms with E-state index in [1.807, 2.05) is 47.0 Å². The van der Waals surface area contributed by atoms with Crippen LogP contribution in [0.25, 0.3) is 0 Å². The van der Waals surface area contributed by atoms with Gasteiger partial charge in [0.25, 0.3) is 5.91 Å². The lowest BCUT2D eigenvalue weighted by molar-refractivity contribution is 0.0977.